The fourth-order valence-corrected chi connectivity index (χ4v) is 6.67. The Balaban J connectivity index is 1.08. The normalized spacial score (nSPS) is 19.7. The molecule has 0 aliphatic heterocycles. The second-order valence-corrected chi connectivity index (χ2v) is 13.8. The SMILES string of the molecule is COc1cc(F)c(OC2CCC(C)(C(=O)OCc3cccc4ccccc34)CC2)cc1C(=O)Nc1cnccc1C(=O)NCC1(C)CCC1. The average molecular weight is 668 g/mol. The number of benzene rings is 3. The van der Waals surface area contributed by atoms with E-state index in [1.165, 1.54) is 25.6 Å². The topological polar surface area (TPSA) is 116 Å². The smallest absolute Gasteiger partial charge is 0.312 e. The largest absolute Gasteiger partial charge is 0.496 e. The molecule has 2 N–H and O–H groups in total. The van der Waals surface area contributed by atoms with Gasteiger partial charge in [-0.2, -0.15) is 0 Å². The van der Waals surface area contributed by atoms with E-state index in [0.717, 1.165) is 41.7 Å². The van der Waals surface area contributed by atoms with Crippen LogP contribution < -0.4 is 20.1 Å². The van der Waals surface area contributed by atoms with Crippen molar-refractivity contribution in [1.82, 2.24) is 10.3 Å². The Bertz CT molecular complexity index is 1860. The van der Waals surface area contributed by atoms with Crippen molar-refractivity contribution in [2.45, 2.75) is 71.5 Å². The molecule has 2 fully saturated rings. The molecule has 2 saturated carbocycles. The summed E-state index contributed by atoms with van der Waals surface area (Å²) in [5, 5.41) is 7.85. The van der Waals surface area contributed by atoms with Crippen LogP contribution in [0.3, 0.4) is 0 Å². The third kappa shape index (κ3) is 7.53. The predicted octanol–water partition coefficient (Wildman–Crippen LogP) is 7.63. The third-order valence-electron chi connectivity index (χ3n) is 10.1. The number of esters is 1. The van der Waals surface area contributed by atoms with Gasteiger partial charge in [-0.25, -0.2) is 4.39 Å². The van der Waals surface area contributed by atoms with Crippen LogP contribution in [-0.2, 0) is 16.1 Å². The van der Waals surface area contributed by atoms with Crippen LogP contribution in [0.4, 0.5) is 10.1 Å². The van der Waals surface area contributed by atoms with E-state index in [4.69, 9.17) is 14.2 Å². The molecule has 0 atom stereocenters. The van der Waals surface area contributed by atoms with Crippen LogP contribution in [0.5, 0.6) is 11.5 Å². The standard InChI is InChI=1S/C39H42FN3O6/c1-38(15-7-16-38)24-42-35(44)29-14-19-41-22-32(29)43-36(45)30-20-34(31(40)21-33(30)47-3)49-27-12-17-39(2,18-13-27)37(46)48-23-26-10-6-9-25-8-4-5-11-28(25)26/h4-6,8-11,14,19-22,27H,7,12-13,15-18,23-24H2,1-3H3,(H,42,44)(H,43,45). The number of anilines is 1. The average Bonchev–Trinajstić information content (AvgIpc) is 3.10. The van der Waals surface area contributed by atoms with E-state index in [1.54, 1.807) is 6.07 Å². The molecule has 0 spiro atoms. The van der Waals surface area contributed by atoms with Crippen LogP contribution in [0.2, 0.25) is 0 Å². The van der Waals surface area contributed by atoms with Gasteiger partial charge in [-0.3, -0.25) is 19.4 Å². The van der Waals surface area contributed by atoms with E-state index in [2.05, 4.69) is 22.5 Å². The molecule has 3 aromatic carbocycles. The summed E-state index contributed by atoms with van der Waals surface area (Å²) in [6.45, 7) is 4.76. The van der Waals surface area contributed by atoms with Crippen LogP contribution in [-0.4, -0.2) is 42.5 Å². The number of pyridine rings is 1. The van der Waals surface area contributed by atoms with Gasteiger partial charge in [0.2, 0.25) is 0 Å². The number of carbonyl (C=O) groups is 3. The summed E-state index contributed by atoms with van der Waals surface area (Å²) in [6.07, 6.45) is 7.78. The van der Waals surface area contributed by atoms with Gasteiger partial charge in [0.1, 0.15) is 12.4 Å². The molecule has 2 amide bonds. The zero-order chi connectivity index (χ0) is 34.6. The van der Waals surface area contributed by atoms with Crippen LogP contribution in [0, 0.1) is 16.6 Å². The zero-order valence-corrected chi connectivity index (χ0v) is 28.1. The van der Waals surface area contributed by atoms with Gasteiger partial charge in [0.15, 0.2) is 11.6 Å². The molecule has 9 nitrogen and oxygen atoms in total. The van der Waals surface area contributed by atoms with Crippen molar-refractivity contribution in [3.8, 4) is 11.5 Å². The Morgan fingerprint density at radius 2 is 1.67 bits per heavy atom. The van der Waals surface area contributed by atoms with E-state index < -0.39 is 17.1 Å². The molecule has 4 aromatic rings. The Morgan fingerprint density at radius 3 is 2.41 bits per heavy atom. The quantitative estimate of drug-likeness (QED) is 0.158. The number of hydrogen-bond donors (Lipinski definition) is 2. The van der Waals surface area contributed by atoms with Crippen LogP contribution in [0.25, 0.3) is 10.8 Å². The first kappa shape index (κ1) is 33.9. The van der Waals surface area contributed by atoms with E-state index in [9.17, 15) is 14.4 Å². The number of rotatable bonds is 11. The highest BCUT2D eigenvalue weighted by Crippen LogP contribution is 2.41. The first-order chi connectivity index (χ1) is 23.6. The molecular formula is C39H42FN3O6. The van der Waals surface area contributed by atoms with Crippen molar-refractivity contribution in [3.05, 3.63) is 95.6 Å². The summed E-state index contributed by atoms with van der Waals surface area (Å²) in [5.41, 5.74) is 0.859. The lowest BCUT2D eigenvalue weighted by molar-refractivity contribution is -0.159. The van der Waals surface area contributed by atoms with Gasteiger partial charge in [0.05, 0.1) is 41.6 Å². The van der Waals surface area contributed by atoms with Gasteiger partial charge in [-0.1, -0.05) is 55.8 Å². The first-order valence-electron chi connectivity index (χ1n) is 16.8. The molecule has 6 rings (SSSR count). The maximum Gasteiger partial charge on any atom is 0.312 e. The molecule has 0 saturated heterocycles. The molecule has 256 valence electrons. The maximum atomic E-state index is 15.2. The van der Waals surface area contributed by atoms with Crippen molar-refractivity contribution < 1.29 is 33.0 Å². The van der Waals surface area contributed by atoms with Gasteiger partial charge < -0.3 is 24.8 Å². The minimum absolute atomic E-state index is 0.0142. The third-order valence-corrected chi connectivity index (χ3v) is 10.1. The molecule has 2 aliphatic rings. The van der Waals surface area contributed by atoms with Crippen molar-refractivity contribution in [2.75, 3.05) is 19.0 Å². The second kappa shape index (κ2) is 14.2. The summed E-state index contributed by atoms with van der Waals surface area (Å²) in [4.78, 5) is 43.9. The van der Waals surface area contributed by atoms with Crippen LogP contribution in [0.15, 0.2) is 73.1 Å². The lowest BCUT2D eigenvalue weighted by atomic mass is 9.70. The highest BCUT2D eigenvalue weighted by atomic mass is 19.1. The Hall–Kier alpha value is -4.99. The lowest BCUT2D eigenvalue weighted by Gasteiger charge is -2.38. The molecule has 10 heteroatoms. The number of nitrogens with zero attached hydrogens (tertiary/aromatic N) is 1. The monoisotopic (exact) mass is 667 g/mol. The van der Waals surface area contributed by atoms with Crippen molar-refractivity contribution >= 4 is 34.2 Å². The minimum atomic E-state index is -0.697. The lowest BCUT2D eigenvalue weighted by Crippen LogP contribution is -2.40. The summed E-state index contributed by atoms with van der Waals surface area (Å²) in [5.74, 6) is -1.96. The van der Waals surface area contributed by atoms with Crippen molar-refractivity contribution in [2.24, 2.45) is 10.8 Å². The molecule has 1 aromatic heterocycles. The number of amides is 2. The van der Waals surface area contributed by atoms with E-state index in [1.807, 2.05) is 49.4 Å². The van der Waals surface area contributed by atoms with E-state index in [-0.39, 0.29) is 58.3 Å². The van der Waals surface area contributed by atoms with Gasteiger partial charge in [-0.05, 0) is 79.3 Å². The fraction of sp³-hybridized carbons (Fsp3) is 0.385. The molecule has 2 aliphatic carbocycles. The Labute approximate surface area is 285 Å². The van der Waals surface area contributed by atoms with Crippen LogP contribution >= 0.6 is 0 Å². The zero-order valence-electron chi connectivity index (χ0n) is 28.1. The number of halogens is 1. The van der Waals surface area contributed by atoms with Gasteiger partial charge in [0, 0.05) is 18.8 Å². The number of hydrogen-bond acceptors (Lipinski definition) is 7. The van der Waals surface area contributed by atoms with Crippen LogP contribution in [0.1, 0.15) is 85.1 Å². The Morgan fingerprint density at radius 1 is 0.918 bits per heavy atom. The molecule has 0 unspecified atom stereocenters. The number of carbonyl (C=O) groups excluding carboxylic acids is 3. The summed E-state index contributed by atoms with van der Waals surface area (Å²) in [6, 6.07) is 17.9. The number of methoxy groups -OCH3 is 1. The van der Waals surface area contributed by atoms with Gasteiger partial charge in [0.25, 0.3) is 11.8 Å². The molecule has 49 heavy (non-hydrogen) atoms. The molecule has 0 bridgehead atoms. The number of nitrogens with one attached hydrogen (secondary N) is 2. The highest BCUT2D eigenvalue weighted by molar-refractivity contribution is 6.10. The van der Waals surface area contributed by atoms with Crippen molar-refractivity contribution in [3.63, 3.8) is 0 Å². The molecular weight excluding hydrogens is 625 g/mol. The predicted molar refractivity (Wildman–Crippen MR) is 184 cm³/mol. The fourth-order valence-electron chi connectivity index (χ4n) is 6.67. The first-order valence-corrected chi connectivity index (χ1v) is 16.8. The minimum Gasteiger partial charge on any atom is -0.496 e. The maximum absolute atomic E-state index is 15.2. The Kier molecular flexibility index (Phi) is 9.85. The van der Waals surface area contributed by atoms with Gasteiger partial charge >= 0.3 is 5.97 Å². The van der Waals surface area contributed by atoms with E-state index >= 15 is 4.39 Å². The van der Waals surface area contributed by atoms with Gasteiger partial charge in [-0.15, -0.1) is 0 Å². The number of fused-ring (bicyclic) bond motifs is 1. The summed E-state index contributed by atoms with van der Waals surface area (Å²) < 4.78 is 32.4. The second-order valence-electron chi connectivity index (χ2n) is 13.8. The molecule has 1 heterocycles. The summed E-state index contributed by atoms with van der Waals surface area (Å²) in [7, 11) is 1.34. The van der Waals surface area contributed by atoms with Crippen molar-refractivity contribution in [1.29, 1.82) is 0 Å². The summed E-state index contributed by atoms with van der Waals surface area (Å²) >= 11 is 0. The molecule has 0 radical (unpaired) electrons. The highest BCUT2D eigenvalue weighted by Gasteiger charge is 2.40. The number of aromatic nitrogens is 1. The van der Waals surface area contributed by atoms with E-state index in [0.29, 0.717) is 32.2 Å². The number of ether oxygens (including phenoxy) is 3.